The maximum Gasteiger partial charge on any atom is 0.324 e. The third-order valence-electron chi connectivity index (χ3n) is 5.16. The van der Waals surface area contributed by atoms with Crippen molar-refractivity contribution < 1.29 is 27.6 Å². The number of likely N-dealkylation sites (tertiary alicyclic amines) is 1. The summed E-state index contributed by atoms with van der Waals surface area (Å²) in [5.41, 5.74) is 0.953. The summed E-state index contributed by atoms with van der Waals surface area (Å²) in [6, 6.07) is 6.67. The number of Topliss-reactive ketones (excluding diaryl/α,β-unsaturated/α-hetero) is 1. The molecule has 2 heterocycles. The van der Waals surface area contributed by atoms with Gasteiger partial charge in [0.25, 0.3) is 5.91 Å². The van der Waals surface area contributed by atoms with Crippen molar-refractivity contribution in [2.24, 2.45) is 0 Å². The number of anilines is 1. The molecule has 0 bridgehead atoms. The number of nitrogens with one attached hydrogen (secondary N) is 1. The third kappa shape index (κ3) is 6.44. The molecule has 0 atom stereocenters. The first-order chi connectivity index (χ1) is 15.8. The summed E-state index contributed by atoms with van der Waals surface area (Å²) in [6.45, 7) is 0.663. The standard InChI is InChI=1S/C22H22ClF3N4O3/c23-17-10-16(6-7-18(17)24)30(22(33)29-8-2-1-3-9-29)13-15-5-4-14(11-27-15)19(31)12-28-21(32)20(25)26/h4-7,10-11,20H,1-3,8-9,12-13H2,(H,28,32). The molecule has 1 aromatic heterocycles. The minimum atomic E-state index is -3.21. The van der Waals surface area contributed by atoms with Crippen LogP contribution in [0.1, 0.15) is 35.3 Å². The molecule has 1 saturated heterocycles. The first kappa shape index (κ1) is 24.5. The van der Waals surface area contributed by atoms with E-state index < -0.39 is 30.5 Å². The largest absolute Gasteiger partial charge is 0.344 e. The molecular weight excluding hydrogens is 461 g/mol. The van der Waals surface area contributed by atoms with Crippen LogP contribution in [0, 0.1) is 5.82 Å². The van der Waals surface area contributed by atoms with Gasteiger partial charge in [0, 0.05) is 30.5 Å². The van der Waals surface area contributed by atoms with Crippen LogP contribution in [0.5, 0.6) is 0 Å². The van der Waals surface area contributed by atoms with Gasteiger partial charge in [0.1, 0.15) is 5.82 Å². The number of nitrogens with zero attached hydrogens (tertiary/aromatic N) is 3. The van der Waals surface area contributed by atoms with E-state index >= 15 is 0 Å². The normalized spacial score (nSPS) is 13.7. The molecule has 1 aliphatic rings. The predicted molar refractivity (Wildman–Crippen MR) is 116 cm³/mol. The first-order valence-electron chi connectivity index (χ1n) is 10.3. The molecule has 33 heavy (non-hydrogen) atoms. The lowest BCUT2D eigenvalue weighted by Crippen LogP contribution is -2.45. The smallest absolute Gasteiger partial charge is 0.324 e. The van der Waals surface area contributed by atoms with Gasteiger partial charge in [0.15, 0.2) is 5.78 Å². The number of hydrogen-bond donors (Lipinski definition) is 1. The Morgan fingerprint density at radius 3 is 2.45 bits per heavy atom. The fourth-order valence-electron chi connectivity index (χ4n) is 3.37. The van der Waals surface area contributed by atoms with Gasteiger partial charge < -0.3 is 10.2 Å². The van der Waals surface area contributed by atoms with Crippen LogP contribution in [-0.4, -0.2) is 53.7 Å². The Bertz CT molecular complexity index is 1010. The van der Waals surface area contributed by atoms with Gasteiger partial charge in [-0.25, -0.2) is 9.18 Å². The summed E-state index contributed by atoms with van der Waals surface area (Å²) >= 11 is 5.92. The molecule has 1 N–H and O–H groups in total. The van der Waals surface area contributed by atoms with E-state index in [1.54, 1.807) is 4.90 Å². The molecule has 1 aliphatic heterocycles. The lowest BCUT2D eigenvalue weighted by Gasteiger charge is -2.33. The summed E-state index contributed by atoms with van der Waals surface area (Å²) in [5.74, 6) is -2.72. The number of piperidine rings is 1. The fourth-order valence-corrected chi connectivity index (χ4v) is 3.54. The second kappa shape index (κ2) is 11.1. The third-order valence-corrected chi connectivity index (χ3v) is 5.45. The molecule has 0 saturated carbocycles. The van der Waals surface area contributed by atoms with E-state index in [-0.39, 0.29) is 23.2 Å². The van der Waals surface area contributed by atoms with Crippen LogP contribution in [0.25, 0.3) is 0 Å². The molecule has 7 nitrogen and oxygen atoms in total. The number of urea groups is 1. The summed E-state index contributed by atoms with van der Waals surface area (Å²) in [4.78, 5) is 43.6. The molecule has 3 rings (SSSR count). The highest BCUT2D eigenvalue weighted by Crippen LogP contribution is 2.26. The van der Waals surface area contributed by atoms with Crippen molar-refractivity contribution in [1.29, 1.82) is 0 Å². The minimum absolute atomic E-state index is 0.0356. The number of amides is 3. The van der Waals surface area contributed by atoms with Gasteiger partial charge in [-0.1, -0.05) is 11.6 Å². The Balaban J connectivity index is 1.76. The van der Waals surface area contributed by atoms with E-state index in [0.717, 1.165) is 19.3 Å². The van der Waals surface area contributed by atoms with E-state index in [2.05, 4.69) is 4.98 Å². The predicted octanol–water partition coefficient (Wildman–Crippen LogP) is 4.05. The van der Waals surface area contributed by atoms with E-state index in [9.17, 15) is 27.6 Å². The quantitative estimate of drug-likeness (QED) is 0.603. The van der Waals surface area contributed by atoms with Crippen molar-refractivity contribution in [3.05, 3.63) is 58.6 Å². The Morgan fingerprint density at radius 2 is 1.85 bits per heavy atom. The van der Waals surface area contributed by atoms with Gasteiger partial charge in [0.05, 0.1) is 23.8 Å². The number of hydrogen-bond acceptors (Lipinski definition) is 4. The molecule has 2 aromatic rings. The highest BCUT2D eigenvalue weighted by atomic mass is 35.5. The molecule has 0 unspecified atom stereocenters. The van der Waals surface area contributed by atoms with Crippen molar-refractivity contribution in [2.75, 3.05) is 24.5 Å². The van der Waals surface area contributed by atoms with Gasteiger partial charge in [0.2, 0.25) is 0 Å². The number of halogens is 4. The van der Waals surface area contributed by atoms with Gasteiger partial charge in [-0.15, -0.1) is 0 Å². The van der Waals surface area contributed by atoms with Gasteiger partial charge in [-0.2, -0.15) is 8.78 Å². The van der Waals surface area contributed by atoms with Crippen molar-refractivity contribution >= 4 is 35.0 Å². The molecule has 3 amide bonds. The van der Waals surface area contributed by atoms with Crippen LogP contribution in [0.15, 0.2) is 36.5 Å². The van der Waals surface area contributed by atoms with Crippen molar-refractivity contribution in [3.63, 3.8) is 0 Å². The molecule has 1 aromatic carbocycles. The van der Waals surface area contributed by atoms with E-state index in [1.807, 2.05) is 5.32 Å². The van der Waals surface area contributed by atoms with Crippen LogP contribution >= 0.6 is 11.6 Å². The monoisotopic (exact) mass is 482 g/mol. The highest BCUT2D eigenvalue weighted by Gasteiger charge is 2.25. The molecule has 0 aliphatic carbocycles. The summed E-state index contributed by atoms with van der Waals surface area (Å²) in [5, 5.41) is 1.72. The maximum atomic E-state index is 13.7. The zero-order chi connectivity index (χ0) is 24.0. The fraction of sp³-hybridized carbons (Fsp3) is 0.364. The number of alkyl halides is 2. The van der Waals surface area contributed by atoms with Crippen LogP contribution in [-0.2, 0) is 11.3 Å². The second-order valence-corrected chi connectivity index (χ2v) is 7.90. The molecule has 1 fully saturated rings. The van der Waals surface area contributed by atoms with Crippen molar-refractivity contribution in [1.82, 2.24) is 15.2 Å². The number of ketones is 1. The van der Waals surface area contributed by atoms with Crippen LogP contribution < -0.4 is 10.2 Å². The average molecular weight is 483 g/mol. The lowest BCUT2D eigenvalue weighted by atomic mass is 10.1. The Hall–Kier alpha value is -3.14. The topological polar surface area (TPSA) is 82.6 Å². The molecule has 176 valence electrons. The lowest BCUT2D eigenvalue weighted by molar-refractivity contribution is -0.131. The van der Waals surface area contributed by atoms with E-state index in [0.29, 0.717) is 24.5 Å². The molecule has 0 radical (unpaired) electrons. The summed E-state index contributed by atoms with van der Waals surface area (Å²) in [6.07, 6.45) is 0.859. The zero-order valence-electron chi connectivity index (χ0n) is 17.6. The SMILES string of the molecule is O=C(CNC(=O)C(F)F)c1ccc(CN(C(=O)N2CCCCC2)c2ccc(F)c(Cl)c2)nc1. The number of aromatic nitrogens is 1. The van der Waals surface area contributed by atoms with Crippen LogP contribution in [0.2, 0.25) is 5.02 Å². The number of benzene rings is 1. The number of pyridine rings is 1. The Labute approximate surface area is 193 Å². The molecular formula is C22H22ClF3N4O3. The Morgan fingerprint density at radius 1 is 1.12 bits per heavy atom. The zero-order valence-corrected chi connectivity index (χ0v) is 18.3. The number of rotatable bonds is 7. The van der Waals surface area contributed by atoms with Crippen molar-refractivity contribution in [3.8, 4) is 0 Å². The van der Waals surface area contributed by atoms with Gasteiger partial charge >= 0.3 is 12.5 Å². The van der Waals surface area contributed by atoms with E-state index in [4.69, 9.17) is 11.6 Å². The Kier molecular flexibility index (Phi) is 8.26. The molecule has 0 spiro atoms. The molecule has 11 heteroatoms. The first-order valence-corrected chi connectivity index (χ1v) is 10.7. The van der Waals surface area contributed by atoms with Gasteiger partial charge in [-0.3, -0.25) is 19.5 Å². The van der Waals surface area contributed by atoms with E-state index in [1.165, 1.54) is 41.4 Å². The number of carbonyl (C=O) groups excluding carboxylic acids is 3. The minimum Gasteiger partial charge on any atom is -0.344 e. The number of carbonyl (C=O) groups is 3. The van der Waals surface area contributed by atoms with Crippen molar-refractivity contribution in [2.45, 2.75) is 32.2 Å². The maximum absolute atomic E-state index is 13.7. The average Bonchev–Trinajstić information content (AvgIpc) is 2.83. The van der Waals surface area contributed by atoms with Crippen LogP contribution in [0.3, 0.4) is 0 Å². The second-order valence-electron chi connectivity index (χ2n) is 7.49. The summed E-state index contributed by atoms with van der Waals surface area (Å²) in [7, 11) is 0. The summed E-state index contributed by atoms with van der Waals surface area (Å²) < 4.78 is 38.1. The van der Waals surface area contributed by atoms with Crippen LogP contribution in [0.4, 0.5) is 23.7 Å². The highest BCUT2D eigenvalue weighted by molar-refractivity contribution is 6.31. The van der Waals surface area contributed by atoms with Gasteiger partial charge in [-0.05, 0) is 49.6 Å².